The molecule has 0 saturated carbocycles. The van der Waals surface area contributed by atoms with E-state index in [0.717, 1.165) is 13.2 Å². The highest BCUT2D eigenvalue weighted by molar-refractivity contribution is 6.36. The smallest absolute Gasteiger partial charge is 0.492 e. The predicted octanol–water partition coefficient (Wildman–Crippen LogP) is 4.36. The molecule has 0 fully saturated rings. The molecule has 0 aliphatic carbocycles. The van der Waals surface area contributed by atoms with Crippen molar-refractivity contribution in [2.45, 2.75) is 6.92 Å². The molecule has 0 aliphatic rings. The van der Waals surface area contributed by atoms with Gasteiger partial charge in [-0.05, 0) is 6.07 Å². The molecule has 0 atom stereocenters. The van der Waals surface area contributed by atoms with Gasteiger partial charge in [0.05, 0.1) is 29.1 Å². The van der Waals surface area contributed by atoms with E-state index < -0.39 is 45.9 Å². The number of hydrogen-bond donors (Lipinski definition) is 2. The van der Waals surface area contributed by atoms with Crippen LogP contribution in [0.1, 0.15) is 6.92 Å². The van der Waals surface area contributed by atoms with Gasteiger partial charge in [-0.25, -0.2) is 18.6 Å². The first-order valence-corrected chi connectivity index (χ1v) is 7.52. The van der Waals surface area contributed by atoms with Crippen LogP contribution in [0, 0.1) is 11.6 Å². The Kier molecular flexibility index (Phi) is 5.83. The summed E-state index contributed by atoms with van der Waals surface area (Å²) in [6.07, 6.45) is -1.74. The van der Waals surface area contributed by atoms with E-state index >= 15 is 0 Å². The van der Waals surface area contributed by atoms with E-state index in [1.807, 2.05) is 0 Å². The van der Waals surface area contributed by atoms with Gasteiger partial charge in [0.25, 0.3) is 0 Å². The number of amides is 1. The van der Waals surface area contributed by atoms with Gasteiger partial charge < -0.3 is 19.9 Å². The van der Waals surface area contributed by atoms with Crippen molar-refractivity contribution in [3.63, 3.8) is 0 Å². The van der Waals surface area contributed by atoms with Crippen molar-refractivity contribution in [1.82, 2.24) is 4.98 Å². The van der Waals surface area contributed by atoms with Gasteiger partial charge in [-0.3, -0.25) is 4.79 Å². The molecule has 2 rings (SSSR count). The number of halogens is 4. The number of nitrogens with zero attached hydrogens (tertiary/aromatic N) is 1. The molecule has 0 aliphatic heterocycles. The number of carbonyl (C=O) groups excluding carboxylic acids is 1. The SMILES string of the molecule is COc1c(F)cc(F)c(-c2cc(NC(C)=O)c(Cl)c(OC(=O)O)n2)c1Cl. The van der Waals surface area contributed by atoms with Crippen LogP contribution >= 0.6 is 23.2 Å². The fraction of sp³-hybridized carbons (Fsp3) is 0.133. The zero-order chi connectivity index (χ0) is 19.6. The number of methoxy groups -OCH3 is 1. The van der Waals surface area contributed by atoms with Crippen molar-refractivity contribution in [2.75, 3.05) is 12.4 Å². The number of benzene rings is 1. The topological polar surface area (TPSA) is 97.8 Å². The van der Waals surface area contributed by atoms with Crippen molar-refractivity contribution >= 4 is 41.0 Å². The molecule has 1 aromatic carbocycles. The van der Waals surface area contributed by atoms with Crippen LogP contribution in [-0.4, -0.2) is 29.3 Å². The third-order valence-corrected chi connectivity index (χ3v) is 3.74. The fourth-order valence-electron chi connectivity index (χ4n) is 2.06. The number of nitrogens with one attached hydrogen (secondary N) is 1. The highest BCUT2D eigenvalue weighted by Crippen LogP contribution is 2.42. The largest absolute Gasteiger partial charge is 0.512 e. The van der Waals surface area contributed by atoms with Crippen molar-refractivity contribution in [2.24, 2.45) is 0 Å². The Morgan fingerprint density at radius 3 is 2.38 bits per heavy atom. The maximum Gasteiger partial charge on any atom is 0.512 e. The summed E-state index contributed by atoms with van der Waals surface area (Å²) in [4.78, 5) is 25.9. The summed E-state index contributed by atoms with van der Waals surface area (Å²) in [5, 5.41) is 10.3. The molecule has 7 nitrogen and oxygen atoms in total. The summed E-state index contributed by atoms with van der Waals surface area (Å²) in [5.41, 5.74) is -0.780. The molecule has 0 radical (unpaired) electrons. The third-order valence-electron chi connectivity index (χ3n) is 3.01. The Balaban J connectivity index is 2.77. The number of pyridine rings is 1. The van der Waals surface area contributed by atoms with Crippen molar-refractivity contribution in [3.05, 3.63) is 33.8 Å². The lowest BCUT2D eigenvalue weighted by Crippen LogP contribution is -2.10. The molecule has 138 valence electrons. The first-order valence-electron chi connectivity index (χ1n) is 6.76. The zero-order valence-corrected chi connectivity index (χ0v) is 14.7. The quantitative estimate of drug-likeness (QED) is 0.732. The van der Waals surface area contributed by atoms with Gasteiger partial charge in [-0.2, -0.15) is 0 Å². The van der Waals surface area contributed by atoms with E-state index in [1.165, 1.54) is 6.92 Å². The van der Waals surface area contributed by atoms with Crippen LogP contribution in [0.2, 0.25) is 10.0 Å². The van der Waals surface area contributed by atoms with Crippen LogP contribution in [0.5, 0.6) is 11.6 Å². The minimum absolute atomic E-state index is 0.112. The number of ether oxygens (including phenoxy) is 2. The number of carbonyl (C=O) groups is 2. The summed E-state index contributed by atoms with van der Waals surface area (Å²) < 4.78 is 37.3. The Morgan fingerprint density at radius 2 is 1.85 bits per heavy atom. The number of rotatable bonds is 4. The van der Waals surface area contributed by atoms with Crippen molar-refractivity contribution < 1.29 is 33.0 Å². The molecular formula is C15H10Cl2F2N2O5. The lowest BCUT2D eigenvalue weighted by molar-refractivity contribution is -0.114. The van der Waals surface area contributed by atoms with Crippen molar-refractivity contribution in [3.8, 4) is 22.9 Å². The monoisotopic (exact) mass is 406 g/mol. The average molecular weight is 407 g/mol. The molecule has 2 N–H and O–H groups in total. The molecular weight excluding hydrogens is 397 g/mol. The molecule has 2 aromatic rings. The highest BCUT2D eigenvalue weighted by atomic mass is 35.5. The first kappa shape index (κ1) is 19.7. The van der Waals surface area contributed by atoms with Gasteiger partial charge in [0.2, 0.25) is 11.8 Å². The molecule has 0 spiro atoms. The fourth-order valence-corrected chi connectivity index (χ4v) is 2.60. The van der Waals surface area contributed by atoms with Crippen LogP contribution in [0.25, 0.3) is 11.3 Å². The van der Waals surface area contributed by atoms with Crippen LogP contribution < -0.4 is 14.8 Å². The van der Waals surface area contributed by atoms with Gasteiger partial charge in [0.15, 0.2) is 11.6 Å². The minimum Gasteiger partial charge on any atom is -0.492 e. The molecule has 0 unspecified atom stereocenters. The van der Waals surface area contributed by atoms with E-state index in [2.05, 4.69) is 15.0 Å². The van der Waals surface area contributed by atoms with E-state index in [-0.39, 0.29) is 16.4 Å². The van der Waals surface area contributed by atoms with E-state index in [1.54, 1.807) is 0 Å². The predicted molar refractivity (Wildman–Crippen MR) is 89.1 cm³/mol. The second-order valence-electron chi connectivity index (χ2n) is 4.79. The van der Waals surface area contributed by atoms with Crippen LogP contribution in [0.4, 0.5) is 19.3 Å². The summed E-state index contributed by atoms with van der Waals surface area (Å²) in [5.74, 6) is -3.76. The summed E-state index contributed by atoms with van der Waals surface area (Å²) >= 11 is 11.9. The van der Waals surface area contributed by atoms with E-state index in [0.29, 0.717) is 6.07 Å². The Bertz CT molecular complexity index is 871. The molecule has 1 heterocycles. The van der Waals surface area contributed by atoms with Gasteiger partial charge in [0.1, 0.15) is 10.8 Å². The average Bonchev–Trinajstić information content (AvgIpc) is 2.50. The van der Waals surface area contributed by atoms with Crippen LogP contribution in [-0.2, 0) is 4.79 Å². The van der Waals surface area contributed by atoms with Gasteiger partial charge >= 0.3 is 6.16 Å². The van der Waals surface area contributed by atoms with Gasteiger partial charge in [-0.15, -0.1) is 0 Å². The second kappa shape index (κ2) is 7.71. The normalized spacial score (nSPS) is 10.4. The standard InChI is InChI=1S/C15H10Cl2F2N2O5/c1-5(22)20-9-4-8(21-14(11(9)16)26-15(23)24)10-6(18)3-7(19)13(25-2)12(10)17/h3-4H,1-2H3,(H,23,24)(H,20,21,22). The number of carboxylic acid groups (broad SMARTS) is 1. The van der Waals surface area contributed by atoms with Crippen molar-refractivity contribution in [1.29, 1.82) is 0 Å². The Labute approximate surface area is 155 Å². The van der Waals surface area contributed by atoms with Gasteiger partial charge in [-0.1, -0.05) is 23.2 Å². The minimum atomic E-state index is -1.74. The zero-order valence-electron chi connectivity index (χ0n) is 13.2. The molecule has 1 aromatic heterocycles. The molecule has 26 heavy (non-hydrogen) atoms. The lowest BCUT2D eigenvalue weighted by Gasteiger charge is -2.14. The maximum atomic E-state index is 14.3. The third kappa shape index (κ3) is 3.94. The van der Waals surface area contributed by atoms with Crippen LogP contribution in [0.15, 0.2) is 12.1 Å². The number of hydrogen-bond acceptors (Lipinski definition) is 5. The molecule has 0 bridgehead atoms. The maximum absolute atomic E-state index is 14.3. The number of anilines is 1. The summed E-state index contributed by atoms with van der Waals surface area (Å²) in [6.45, 7) is 1.17. The molecule has 0 saturated heterocycles. The summed E-state index contributed by atoms with van der Waals surface area (Å²) in [7, 11) is 1.13. The second-order valence-corrected chi connectivity index (χ2v) is 5.54. The number of aromatic nitrogens is 1. The molecule has 11 heteroatoms. The summed E-state index contributed by atoms with van der Waals surface area (Å²) in [6, 6.07) is 1.65. The van der Waals surface area contributed by atoms with Gasteiger partial charge in [0, 0.05) is 13.0 Å². The van der Waals surface area contributed by atoms with E-state index in [4.69, 9.17) is 33.0 Å². The van der Waals surface area contributed by atoms with E-state index in [9.17, 15) is 18.4 Å². The Hall–Kier alpha value is -2.65. The highest BCUT2D eigenvalue weighted by Gasteiger charge is 2.24. The lowest BCUT2D eigenvalue weighted by atomic mass is 10.1. The van der Waals surface area contributed by atoms with Crippen LogP contribution in [0.3, 0.4) is 0 Å². The first-order chi connectivity index (χ1) is 12.1. The molecule has 1 amide bonds. The Morgan fingerprint density at radius 1 is 1.19 bits per heavy atom.